The first-order valence-corrected chi connectivity index (χ1v) is 17.2. The molecule has 0 aliphatic heterocycles. The summed E-state index contributed by atoms with van der Waals surface area (Å²) in [5, 5.41) is 17.2. The molecule has 3 rings (SSSR count). The van der Waals surface area contributed by atoms with E-state index in [0.29, 0.717) is 32.4 Å². The second kappa shape index (κ2) is 18.9. The fourth-order valence-corrected chi connectivity index (χ4v) is 6.26. The SMILES string of the molecule is CCN(CC)CCCS(=O)(=O)N[C@H](CCc1ccccc1)C(=O)NCc1ccc(-c2ccccc2CNC(=O)NCCO)cc1. The number of benzene rings is 3. The third-order valence-corrected chi connectivity index (χ3v) is 9.04. The predicted octanol–water partition coefficient (Wildman–Crippen LogP) is 3.41. The molecular formula is C34H47N5O5S. The van der Waals surface area contributed by atoms with Crippen molar-refractivity contribution in [1.29, 1.82) is 0 Å². The molecule has 0 unspecified atom stereocenters. The lowest BCUT2D eigenvalue weighted by Gasteiger charge is -2.20. The van der Waals surface area contributed by atoms with Crippen LogP contribution in [-0.2, 0) is 34.3 Å². The van der Waals surface area contributed by atoms with Gasteiger partial charge in [-0.1, -0.05) is 92.7 Å². The van der Waals surface area contributed by atoms with Crippen LogP contribution in [-0.4, -0.2) is 74.9 Å². The van der Waals surface area contributed by atoms with Gasteiger partial charge >= 0.3 is 6.03 Å². The van der Waals surface area contributed by atoms with Crippen molar-refractivity contribution < 1.29 is 23.1 Å². The number of carbonyl (C=O) groups excluding carboxylic acids is 2. The largest absolute Gasteiger partial charge is 0.395 e. The molecule has 0 radical (unpaired) electrons. The Bertz CT molecular complexity index is 1430. The molecule has 0 aliphatic rings. The second-order valence-electron chi connectivity index (χ2n) is 10.8. The predicted molar refractivity (Wildman–Crippen MR) is 179 cm³/mol. The zero-order chi connectivity index (χ0) is 32.5. The second-order valence-corrected chi connectivity index (χ2v) is 12.7. The van der Waals surface area contributed by atoms with Gasteiger partial charge in [-0.3, -0.25) is 4.79 Å². The highest BCUT2D eigenvalue weighted by Gasteiger charge is 2.24. The van der Waals surface area contributed by atoms with E-state index in [2.05, 4.69) is 39.4 Å². The minimum Gasteiger partial charge on any atom is -0.395 e. The Balaban J connectivity index is 1.63. The quantitative estimate of drug-likeness (QED) is 0.137. The van der Waals surface area contributed by atoms with Crippen molar-refractivity contribution in [3.8, 4) is 11.1 Å². The van der Waals surface area contributed by atoms with E-state index in [9.17, 15) is 18.0 Å². The van der Waals surface area contributed by atoms with Crippen molar-refractivity contribution in [2.75, 3.05) is 38.5 Å². The van der Waals surface area contributed by atoms with Gasteiger partial charge in [0.15, 0.2) is 0 Å². The first kappa shape index (κ1) is 35.7. The van der Waals surface area contributed by atoms with Crippen molar-refractivity contribution in [2.45, 2.75) is 52.2 Å². The molecule has 0 saturated carbocycles. The molecule has 11 heteroatoms. The minimum absolute atomic E-state index is 0.0373. The van der Waals surface area contributed by atoms with E-state index in [1.165, 1.54) is 0 Å². The van der Waals surface area contributed by atoms with Gasteiger partial charge in [-0.05, 0) is 66.7 Å². The lowest BCUT2D eigenvalue weighted by Crippen LogP contribution is -2.47. The maximum Gasteiger partial charge on any atom is 0.315 e. The van der Waals surface area contributed by atoms with E-state index in [1.807, 2.05) is 78.9 Å². The van der Waals surface area contributed by atoms with Crippen molar-refractivity contribution in [3.05, 3.63) is 95.6 Å². The van der Waals surface area contributed by atoms with Crippen LogP contribution in [0.4, 0.5) is 4.79 Å². The standard InChI is InChI=1S/C34H47N5O5S/c1-3-39(4-2)22-10-24-45(43,44)38-32(20-17-27-11-6-5-7-12-27)33(41)36-25-28-15-18-29(19-16-28)31-14-9-8-13-30(31)26-37-34(42)35-21-23-40/h5-9,11-16,18-19,32,38,40H,3-4,10,17,20-26H2,1-2H3,(H,36,41)(H2,35,37,42)/t32-/m1/s1. The van der Waals surface area contributed by atoms with Crippen LogP contribution >= 0.6 is 0 Å². The number of rotatable bonds is 19. The number of aliphatic hydroxyl groups is 1. The third kappa shape index (κ3) is 12.6. The topological polar surface area (TPSA) is 140 Å². The lowest BCUT2D eigenvalue weighted by molar-refractivity contribution is -0.123. The van der Waals surface area contributed by atoms with Crippen LogP contribution in [0.25, 0.3) is 11.1 Å². The maximum atomic E-state index is 13.3. The Morgan fingerprint density at radius 3 is 2.20 bits per heavy atom. The molecule has 0 saturated heterocycles. The van der Waals surface area contributed by atoms with E-state index < -0.39 is 16.1 Å². The first-order valence-electron chi connectivity index (χ1n) is 15.6. The maximum absolute atomic E-state index is 13.3. The molecule has 0 heterocycles. The van der Waals surface area contributed by atoms with Crippen LogP contribution in [0.2, 0.25) is 0 Å². The van der Waals surface area contributed by atoms with Crippen LogP contribution < -0.4 is 20.7 Å². The first-order chi connectivity index (χ1) is 21.7. The Labute approximate surface area is 267 Å². The number of nitrogens with one attached hydrogen (secondary N) is 4. The summed E-state index contributed by atoms with van der Waals surface area (Å²) >= 11 is 0. The molecular weight excluding hydrogens is 590 g/mol. The summed E-state index contributed by atoms with van der Waals surface area (Å²) in [6.45, 7) is 7.14. The highest BCUT2D eigenvalue weighted by molar-refractivity contribution is 7.89. The number of hydrogen-bond donors (Lipinski definition) is 5. The summed E-state index contributed by atoms with van der Waals surface area (Å²) in [7, 11) is -3.66. The van der Waals surface area contributed by atoms with Crippen LogP contribution in [0.1, 0.15) is 43.4 Å². The van der Waals surface area contributed by atoms with Gasteiger partial charge in [0.05, 0.1) is 12.4 Å². The van der Waals surface area contributed by atoms with Gasteiger partial charge in [-0.15, -0.1) is 0 Å². The van der Waals surface area contributed by atoms with Gasteiger partial charge < -0.3 is 26.0 Å². The Morgan fingerprint density at radius 2 is 1.51 bits per heavy atom. The van der Waals surface area contributed by atoms with Crippen molar-refractivity contribution in [2.24, 2.45) is 0 Å². The van der Waals surface area contributed by atoms with Crippen LogP contribution in [0.3, 0.4) is 0 Å². The summed E-state index contributed by atoms with van der Waals surface area (Å²) in [4.78, 5) is 27.4. The molecule has 0 spiro atoms. The average Bonchev–Trinajstić information content (AvgIpc) is 3.06. The molecule has 0 aromatic heterocycles. The fraction of sp³-hybridized carbons (Fsp3) is 0.412. The van der Waals surface area contributed by atoms with Gasteiger partial charge in [0.1, 0.15) is 6.04 Å². The number of hydrogen-bond acceptors (Lipinski definition) is 6. The van der Waals surface area contributed by atoms with E-state index in [1.54, 1.807) is 0 Å². The molecule has 3 amide bonds. The molecule has 244 valence electrons. The molecule has 1 atom stereocenters. The van der Waals surface area contributed by atoms with E-state index in [-0.39, 0.29) is 37.4 Å². The smallest absolute Gasteiger partial charge is 0.315 e. The van der Waals surface area contributed by atoms with Gasteiger partial charge in [0.25, 0.3) is 0 Å². The summed E-state index contributed by atoms with van der Waals surface area (Å²) in [5.74, 6) is -0.400. The zero-order valence-electron chi connectivity index (χ0n) is 26.3. The Morgan fingerprint density at radius 1 is 0.822 bits per heavy atom. The molecule has 3 aromatic rings. The minimum atomic E-state index is -3.66. The number of nitrogens with zero attached hydrogens (tertiary/aromatic N) is 1. The zero-order valence-corrected chi connectivity index (χ0v) is 27.1. The Hall–Kier alpha value is -3.77. The summed E-state index contributed by atoms with van der Waals surface area (Å²) in [5.41, 5.74) is 4.76. The average molecular weight is 638 g/mol. The third-order valence-electron chi connectivity index (χ3n) is 7.57. The highest BCUT2D eigenvalue weighted by Crippen LogP contribution is 2.24. The monoisotopic (exact) mass is 637 g/mol. The molecule has 0 aliphatic carbocycles. The number of aryl methyl sites for hydroxylation is 1. The van der Waals surface area contributed by atoms with Gasteiger partial charge in [0.2, 0.25) is 15.9 Å². The van der Waals surface area contributed by atoms with Crippen LogP contribution in [0, 0.1) is 0 Å². The molecule has 3 aromatic carbocycles. The lowest BCUT2D eigenvalue weighted by atomic mass is 9.98. The van der Waals surface area contributed by atoms with E-state index >= 15 is 0 Å². The summed E-state index contributed by atoms with van der Waals surface area (Å²) < 4.78 is 28.6. The van der Waals surface area contributed by atoms with Crippen LogP contribution in [0.5, 0.6) is 0 Å². The molecule has 0 bridgehead atoms. The highest BCUT2D eigenvalue weighted by atomic mass is 32.2. The van der Waals surface area contributed by atoms with E-state index in [0.717, 1.165) is 40.9 Å². The van der Waals surface area contributed by atoms with Gasteiger partial charge in [-0.2, -0.15) is 0 Å². The number of aliphatic hydroxyl groups excluding tert-OH is 1. The van der Waals surface area contributed by atoms with E-state index in [4.69, 9.17) is 5.11 Å². The molecule has 5 N–H and O–H groups in total. The molecule has 10 nitrogen and oxygen atoms in total. The van der Waals surface area contributed by atoms with Gasteiger partial charge in [0, 0.05) is 19.6 Å². The van der Waals surface area contributed by atoms with Crippen molar-refractivity contribution >= 4 is 22.0 Å². The number of sulfonamides is 1. The normalized spacial score (nSPS) is 12.1. The molecule has 0 fully saturated rings. The van der Waals surface area contributed by atoms with Crippen molar-refractivity contribution in [3.63, 3.8) is 0 Å². The fourth-order valence-electron chi connectivity index (χ4n) is 4.97. The molecule has 45 heavy (non-hydrogen) atoms. The van der Waals surface area contributed by atoms with Crippen LogP contribution in [0.15, 0.2) is 78.9 Å². The summed E-state index contributed by atoms with van der Waals surface area (Å²) in [6.07, 6.45) is 1.40. The Kier molecular flexibility index (Phi) is 15.0. The summed E-state index contributed by atoms with van der Waals surface area (Å²) in [6, 6.07) is 24.0. The van der Waals surface area contributed by atoms with Gasteiger partial charge in [-0.25, -0.2) is 17.9 Å². The number of urea groups is 1. The number of amides is 3. The van der Waals surface area contributed by atoms with Crippen molar-refractivity contribution in [1.82, 2.24) is 25.6 Å². The number of carbonyl (C=O) groups is 2.